The second-order valence-electron chi connectivity index (χ2n) is 4.12. The van der Waals surface area contributed by atoms with Gasteiger partial charge < -0.3 is 5.32 Å². The first-order valence-corrected chi connectivity index (χ1v) is 6.12. The molecule has 1 N–H and O–H groups in total. The van der Waals surface area contributed by atoms with E-state index in [1.807, 2.05) is 48.5 Å². The normalized spacial score (nSPS) is 10.1. The van der Waals surface area contributed by atoms with Gasteiger partial charge in [0.05, 0.1) is 0 Å². The van der Waals surface area contributed by atoms with Crippen molar-refractivity contribution < 1.29 is 4.79 Å². The van der Waals surface area contributed by atoms with Crippen molar-refractivity contribution >= 4 is 23.1 Å². The smallest absolute Gasteiger partial charge is 0.159 e. The van der Waals surface area contributed by atoms with E-state index in [-0.39, 0.29) is 5.78 Å². The molecule has 0 amide bonds. The maximum absolute atomic E-state index is 11.1. The van der Waals surface area contributed by atoms with Gasteiger partial charge in [0.1, 0.15) is 0 Å². The van der Waals surface area contributed by atoms with Gasteiger partial charge in [-0.3, -0.25) is 4.79 Å². The van der Waals surface area contributed by atoms with Gasteiger partial charge in [-0.15, -0.1) is 0 Å². The fourth-order valence-corrected chi connectivity index (χ4v) is 1.89. The first kappa shape index (κ1) is 12.7. The van der Waals surface area contributed by atoms with E-state index in [2.05, 4.69) is 5.32 Å². The predicted octanol–water partition coefficient (Wildman–Crippen LogP) is 4.15. The Bertz CT molecular complexity index is 549. The van der Waals surface area contributed by atoms with Gasteiger partial charge in [0.15, 0.2) is 5.78 Å². The summed E-state index contributed by atoms with van der Waals surface area (Å²) in [5.41, 5.74) is 2.83. The Kier molecular flexibility index (Phi) is 4.00. The first-order valence-electron chi connectivity index (χ1n) is 5.74. The number of ketones is 1. The number of anilines is 1. The van der Waals surface area contributed by atoms with Crippen LogP contribution in [0.3, 0.4) is 0 Å². The van der Waals surface area contributed by atoms with Crippen molar-refractivity contribution in [2.45, 2.75) is 13.5 Å². The predicted molar refractivity (Wildman–Crippen MR) is 75.2 cm³/mol. The Balaban J connectivity index is 2.00. The van der Waals surface area contributed by atoms with Crippen molar-refractivity contribution in [1.82, 2.24) is 0 Å². The number of Topliss-reactive ketones (excluding diaryl/α,β-unsaturated/α-hetero) is 1. The maximum Gasteiger partial charge on any atom is 0.159 e. The summed E-state index contributed by atoms with van der Waals surface area (Å²) in [5, 5.41) is 4.02. The number of nitrogens with one attached hydrogen (secondary N) is 1. The largest absolute Gasteiger partial charge is 0.381 e. The van der Waals surface area contributed by atoms with Crippen LogP contribution >= 0.6 is 11.6 Å². The minimum absolute atomic E-state index is 0.0800. The molecule has 0 heterocycles. The summed E-state index contributed by atoms with van der Waals surface area (Å²) in [6.45, 7) is 2.27. The van der Waals surface area contributed by atoms with Gasteiger partial charge in [-0.1, -0.05) is 23.7 Å². The standard InChI is InChI=1S/C15H14ClNO/c1-11(18)13-5-7-15(8-6-13)17-10-12-3-2-4-14(16)9-12/h2-9,17H,10H2,1H3. The van der Waals surface area contributed by atoms with E-state index < -0.39 is 0 Å². The van der Waals surface area contributed by atoms with Crippen LogP contribution in [0.4, 0.5) is 5.69 Å². The van der Waals surface area contributed by atoms with Gasteiger partial charge in [-0.05, 0) is 48.9 Å². The summed E-state index contributed by atoms with van der Waals surface area (Å²) in [6, 6.07) is 15.2. The van der Waals surface area contributed by atoms with E-state index in [0.29, 0.717) is 6.54 Å². The van der Waals surface area contributed by atoms with Crippen molar-refractivity contribution in [3.8, 4) is 0 Å². The molecule has 3 heteroatoms. The number of rotatable bonds is 4. The Morgan fingerprint density at radius 2 is 1.89 bits per heavy atom. The van der Waals surface area contributed by atoms with Gasteiger partial charge >= 0.3 is 0 Å². The van der Waals surface area contributed by atoms with E-state index in [0.717, 1.165) is 21.8 Å². The molecule has 92 valence electrons. The van der Waals surface area contributed by atoms with Gasteiger partial charge in [0, 0.05) is 22.8 Å². The molecule has 0 radical (unpaired) electrons. The summed E-state index contributed by atoms with van der Waals surface area (Å²) in [6.07, 6.45) is 0. The molecule has 0 fully saturated rings. The third-order valence-corrected chi connectivity index (χ3v) is 2.91. The Morgan fingerprint density at radius 3 is 2.50 bits per heavy atom. The van der Waals surface area contributed by atoms with Crippen molar-refractivity contribution in [1.29, 1.82) is 0 Å². The summed E-state index contributed by atoms with van der Waals surface area (Å²) in [7, 11) is 0. The SMILES string of the molecule is CC(=O)c1ccc(NCc2cccc(Cl)c2)cc1. The number of hydrogen-bond acceptors (Lipinski definition) is 2. The second-order valence-corrected chi connectivity index (χ2v) is 4.55. The number of carbonyl (C=O) groups excluding carboxylic acids is 1. The molecule has 0 aromatic heterocycles. The van der Waals surface area contributed by atoms with Gasteiger partial charge in [-0.25, -0.2) is 0 Å². The summed E-state index contributed by atoms with van der Waals surface area (Å²) >= 11 is 5.92. The fraction of sp³-hybridized carbons (Fsp3) is 0.133. The minimum Gasteiger partial charge on any atom is -0.381 e. The van der Waals surface area contributed by atoms with Crippen LogP contribution in [0.25, 0.3) is 0 Å². The second kappa shape index (κ2) is 5.69. The average Bonchev–Trinajstić information content (AvgIpc) is 2.37. The molecule has 0 bridgehead atoms. The molecule has 18 heavy (non-hydrogen) atoms. The van der Waals surface area contributed by atoms with E-state index in [1.54, 1.807) is 6.92 Å². The first-order chi connectivity index (χ1) is 8.65. The molecule has 0 atom stereocenters. The van der Waals surface area contributed by atoms with Gasteiger partial charge in [0.2, 0.25) is 0 Å². The Morgan fingerprint density at radius 1 is 1.17 bits per heavy atom. The quantitative estimate of drug-likeness (QED) is 0.836. The van der Waals surface area contributed by atoms with Crippen LogP contribution in [-0.4, -0.2) is 5.78 Å². The zero-order valence-corrected chi connectivity index (χ0v) is 10.9. The monoisotopic (exact) mass is 259 g/mol. The van der Waals surface area contributed by atoms with E-state index in [1.165, 1.54) is 0 Å². The molecular weight excluding hydrogens is 246 g/mol. The average molecular weight is 260 g/mol. The number of benzene rings is 2. The zero-order valence-electron chi connectivity index (χ0n) is 10.1. The van der Waals surface area contributed by atoms with Gasteiger partial charge in [-0.2, -0.15) is 0 Å². The van der Waals surface area contributed by atoms with E-state index >= 15 is 0 Å². The van der Waals surface area contributed by atoms with Crippen LogP contribution in [0, 0.1) is 0 Å². The number of carbonyl (C=O) groups is 1. The Labute approximate surface area is 112 Å². The van der Waals surface area contributed by atoms with Crippen molar-refractivity contribution in [3.05, 3.63) is 64.7 Å². The molecule has 2 aromatic rings. The third-order valence-electron chi connectivity index (χ3n) is 2.68. The maximum atomic E-state index is 11.1. The number of hydrogen-bond donors (Lipinski definition) is 1. The molecule has 2 rings (SSSR count). The van der Waals surface area contributed by atoms with Crippen molar-refractivity contribution in [2.75, 3.05) is 5.32 Å². The molecule has 2 nitrogen and oxygen atoms in total. The summed E-state index contributed by atoms with van der Waals surface area (Å²) in [4.78, 5) is 11.1. The number of halogens is 1. The van der Waals surface area contributed by atoms with Crippen molar-refractivity contribution in [3.63, 3.8) is 0 Å². The van der Waals surface area contributed by atoms with Crippen LogP contribution in [0.1, 0.15) is 22.8 Å². The molecule has 0 saturated heterocycles. The fourth-order valence-electron chi connectivity index (χ4n) is 1.67. The highest BCUT2D eigenvalue weighted by Gasteiger charge is 1.99. The van der Waals surface area contributed by atoms with Crippen LogP contribution in [-0.2, 0) is 6.54 Å². The lowest BCUT2D eigenvalue weighted by molar-refractivity contribution is 0.101. The lowest BCUT2D eigenvalue weighted by Crippen LogP contribution is -2.00. The third kappa shape index (κ3) is 3.34. The summed E-state index contributed by atoms with van der Waals surface area (Å²) < 4.78 is 0. The highest BCUT2D eigenvalue weighted by molar-refractivity contribution is 6.30. The van der Waals surface area contributed by atoms with Crippen LogP contribution in [0.5, 0.6) is 0 Å². The topological polar surface area (TPSA) is 29.1 Å². The van der Waals surface area contributed by atoms with Gasteiger partial charge in [0.25, 0.3) is 0 Å². The molecule has 0 spiro atoms. The molecular formula is C15H14ClNO. The van der Waals surface area contributed by atoms with E-state index in [4.69, 9.17) is 11.6 Å². The molecule has 2 aromatic carbocycles. The highest BCUT2D eigenvalue weighted by atomic mass is 35.5. The van der Waals surface area contributed by atoms with Crippen LogP contribution in [0.15, 0.2) is 48.5 Å². The molecule has 0 aliphatic rings. The highest BCUT2D eigenvalue weighted by Crippen LogP contribution is 2.14. The molecule has 0 aliphatic carbocycles. The molecule has 0 saturated carbocycles. The lowest BCUT2D eigenvalue weighted by Gasteiger charge is -2.07. The minimum atomic E-state index is 0.0800. The van der Waals surface area contributed by atoms with E-state index in [9.17, 15) is 4.79 Å². The Hall–Kier alpha value is -1.80. The zero-order chi connectivity index (χ0) is 13.0. The van der Waals surface area contributed by atoms with Crippen LogP contribution < -0.4 is 5.32 Å². The molecule has 0 aliphatic heterocycles. The summed E-state index contributed by atoms with van der Waals surface area (Å²) in [5.74, 6) is 0.0800. The van der Waals surface area contributed by atoms with Crippen molar-refractivity contribution in [2.24, 2.45) is 0 Å². The van der Waals surface area contributed by atoms with Crippen LogP contribution in [0.2, 0.25) is 5.02 Å². The lowest BCUT2D eigenvalue weighted by atomic mass is 10.1. The molecule has 0 unspecified atom stereocenters.